The SMILES string of the molecule is CC1CCC(CNC(=O)COCC(=O)O)CC1. The first-order valence-corrected chi connectivity index (χ1v) is 6.14. The van der Waals surface area contributed by atoms with E-state index in [-0.39, 0.29) is 12.5 Å². The van der Waals surface area contributed by atoms with Gasteiger partial charge in [-0.1, -0.05) is 19.8 Å². The second kappa shape index (κ2) is 7.27. The lowest BCUT2D eigenvalue weighted by molar-refractivity contribution is -0.143. The Morgan fingerprint density at radius 3 is 2.47 bits per heavy atom. The average Bonchev–Trinajstić information content (AvgIpc) is 2.28. The summed E-state index contributed by atoms with van der Waals surface area (Å²) in [6.45, 7) is 2.35. The van der Waals surface area contributed by atoms with Gasteiger partial charge in [-0.3, -0.25) is 4.79 Å². The molecular formula is C12H21NO4. The molecule has 17 heavy (non-hydrogen) atoms. The van der Waals surface area contributed by atoms with Gasteiger partial charge in [-0.25, -0.2) is 4.79 Å². The molecule has 1 fully saturated rings. The van der Waals surface area contributed by atoms with Crippen molar-refractivity contribution in [1.29, 1.82) is 0 Å². The van der Waals surface area contributed by atoms with Crippen molar-refractivity contribution in [3.05, 3.63) is 0 Å². The first-order chi connectivity index (χ1) is 8.08. The van der Waals surface area contributed by atoms with E-state index >= 15 is 0 Å². The van der Waals surface area contributed by atoms with Crippen LogP contribution in [-0.4, -0.2) is 36.7 Å². The molecule has 1 rings (SSSR count). The predicted molar refractivity (Wildman–Crippen MR) is 62.6 cm³/mol. The quantitative estimate of drug-likeness (QED) is 0.730. The van der Waals surface area contributed by atoms with Crippen molar-refractivity contribution < 1.29 is 19.4 Å². The largest absolute Gasteiger partial charge is 0.480 e. The van der Waals surface area contributed by atoms with Gasteiger partial charge in [0, 0.05) is 6.54 Å². The molecule has 0 bridgehead atoms. The Morgan fingerprint density at radius 2 is 1.88 bits per heavy atom. The first-order valence-electron chi connectivity index (χ1n) is 6.14. The molecular weight excluding hydrogens is 222 g/mol. The minimum absolute atomic E-state index is 0.171. The maximum atomic E-state index is 11.3. The molecule has 1 aliphatic carbocycles. The van der Waals surface area contributed by atoms with Crippen LogP contribution in [0.4, 0.5) is 0 Å². The molecule has 0 atom stereocenters. The third-order valence-electron chi connectivity index (χ3n) is 3.18. The standard InChI is InChI=1S/C12H21NO4/c1-9-2-4-10(5-3-9)6-13-11(14)7-17-8-12(15)16/h9-10H,2-8H2,1H3,(H,13,14)(H,15,16). The van der Waals surface area contributed by atoms with Crippen LogP contribution in [0.15, 0.2) is 0 Å². The van der Waals surface area contributed by atoms with Crippen molar-refractivity contribution in [3.63, 3.8) is 0 Å². The van der Waals surface area contributed by atoms with Crippen LogP contribution in [0.3, 0.4) is 0 Å². The molecule has 1 amide bonds. The Morgan fingerprint density at radius 1 is 1.24 bits per heavy atom. The fraction of sp³-hybridized carbons (Fsp3) is 0.833. The fourth-order valence-corrected chi connectivity index (χ4v) is 2.07. The van der Waals surface area contributed by atoms with Crippen molar-refractivity contribution >= 4 is 11.9 Å². The van der Waals surface area contributed by atoms with Crippen LogP contribution in [0.25, 0.3) is 0 Å². The number of nitrogens with one attached hydrogen (secondary N) is 1. The zero-order valence-electron chi connectivity index (χ0n) is 10.3. The predicted octanol–water partition coefficient (Wildman–Crippen LogP) is 1.03. The summed E-state index contributed by atoms with van der Waals surface area (Å²) in [7, 11) is 0. The van der Waals surface area contributed by atoms with Gasteiger partial charge in [-0.2, -0.15) is 0 Å². The van der Waals surface area contributed by atoms with Gasteiger partial charge in [0.05, 0.1) is 0 Å². The number of carboxylic acid groups (broad SMARTS) is 1. The summed E-state index contributed by atoms with van der Waals surface area (Å²) < 4.78 is 4.70. The van der Waals surface area contributed by atoms with Crippen molar-refractivity contribution in [1.82, 2.24) is 5.32 Å². The van der Waals surface area contributed by atoms with Gasteiger partial charge in [0.1, 0.15) is 13.2 Å². The van der Waals surface area contributed by atoms with Gasteiger partial charge < -0.3 is 15.2 Å². The molecule has 1 aliphatic rings. The van der Waals surface area contributed by atoms with E-state index in [9.17, 15) is 9.59 Å². The number of carbonyl (C=O) groups excluding carboxylic acids is 1. The van der Waals surface area contributed by atoms with Crippen LogP contribution in [0.1, 0.15) is 32.6 Å². The van der Waals surface area contributed by atoms with E-state index in [0.717, 1.165) is 18.8 Å². The van der Waals surface area contributed by atoms with Crippen LogP contribution in [0.5, 0.6) is 0 Å². The Bertz CT molecular complexity index is 259. The molecule has 0 unspecified atom stereocenters. The van der Waals surface area contributed by atoms with E-state index < -0.39 is 12.6 Å². The highest BCUT2D eigenvalue weighted by molar-refractivity contribution is 5.77. The van der Waals surface area contributed by atoms with Gasteiger partial charge in [-0.15, -0.1) is 0 Å². The van der Waals surface area contributed by atoms with Crippen molar-refractivity contribution in [2.75, 3.05) is 19.8 Å². The summed E-state index contributed by atoms with van der Waals surface area (Å²) >= 11 is 0. The van der Waals surface area contributed by atoms with Crippen molar-refractivity contribution in [2.45, 2.75) is 32.6 Å². The second-order valence-corrected chi connectivity index (χ2v) is 4.82. The molecule has 2 N–H and O–H groups in total. The lowest BCUT2D eigenvalue weighted by Crippen LogP contribution is -2.34. The molecule has 0 spiro atoms. The maximum Gasteiger partial charge on any atom is 0.329 e. The molecule has 1 saturated carbocycles. The normalized spacial score (nSPS) is 24.3. The summed E-state index contributed by atoms with van der Waals surface area (Å²) in [5, 5.41) is 11.1. The number of ether oxygens (including phenoxy) is 1. The third-order valence-corrected chi connectivity index (χ3v) is 3.18. The lowest BCUT2D eigenvalue weighted by Gasteiger charge is -2.26. The molecule has 98 valence electrons. The minimum Gasteiger partial charge on any atom is -0.480 e. The van der Waals surface area contributed by atoms with Gasteiger partial charge in [0.25, 0.3) is 0 Å². The number of carboxylic acids is 1. The smallest absolute Gasteiger partial charge is 0.329 e. The molecule has 0 aromatic heterocycles. The van der Waals surface area contributed by atoms with Crippen molar-refractivity contribution in [3.8, 4) is 0 Å². The van der Waals surface area contributed by atoms with Gasteiger partial charge in [-0.05, 0) is 24.7 Å². The fourth-order valence-electron chi connectivity index (χ4n) is 2.07. The zero-order valence-corrected chi connectivity index (χ0v) is 10.3. The second-order valence-electron chi connectivity index (χ2n) is 4.82. The summed E-state index contributed by atoms with van der Waals surface area (Å²) in [5.41, 5.74) is 0. The van der Waals surface area contributed by atoms with E-state index in [1.807, 2.05) is 0 Å². The Balaban J connectivity index is 2.05. The maximum absolute atomic E-state index is 11.3. The van der Waals surface area contributed by atoms with Crippen LogP contribution in [0.2, 0.25) is 0 Å². The minimum atomic E-state index is -1.06. The topological polar surface area (TPSA) is 75.6 Å². The van der Waals surface area contributed by atoms with Crippen LogP contribution in [0, 0.1) is 11.8 Å². The summed E-state index contributed by atoms with van der Waals surface area (Å²) in [5.74, 6) is 0.0828. The van der Waals surface area contributed by atoms with Crippen LogP contribution < -0.4 is 5.32 Å². The number of carbonyl (C=O) groups is 2. The monoisotopic (exact) mass is 243 g/mol. The average molecular weight is 243 g/mol. The molecule has 0 aliphatic heterocycles. The van der Waals surface area contributed by atoms with E-state index in [2.05, 4.69) is 12.2 Å². The number of aliphatic carboxylic acids is 1. The van der Waals surface area contributed by atoms with E-state index in [0.29, 0.717) is 12.5 Å². The van der Waals surface area contributed by atoms with Crippen LogP contribution in [-0.2, 0) is 14.3 Å². The highest BCUT2D eigenvalue weighted by Crippen LogP contribution is 2.27. The Hall–Kier alpha value is -1.10. The zero-order chi connectivity index (χ0) is 12.7. The number of hydrogen-bond donors (Lipinski definition) is 2. The van der Waals surface area contributed by atoms with E-state index in [1.54, 1.807) is 0 Å². The molecule has 5 heteroatoms. The summed E-state index contributed by atoms with van der Waals surface area (Å²) in [6.07, 6.45) is 4.79. The third kappa shape index (κ3) is 6.26. The number of hydrogen-bond acceptors (Lipinski definition) is 3. The molecule has 0 aromatic carbocycles. The Kier molecular flexibility index (Phi) is 5.97. The van der Waals surface area contributed by atoms with Crippen molar-refractivity contribution in [2.24, 2.45) is 11.8 Å². The summed E-state index contributed by atoms with van der Waals surface area (Å²) in [4.78, 5) is 21.5. The van der Waals surface area contributed by atoms with Gasteiger partial charge in [0.15, 0.2) is 0 Å². The van der Waals surface area contributed by atoms with Crippen LogP contribution >= 0.6 is 0 Å². The van der Waals surface area contributed by atoms with Gasteiger partial charge in [0.2, 0.25) is 5.91 Å². The molecule has 0 radical (unpaired) electrons. The highest BCUT2D eigenvalue weighted by atomic mass is 16.5. The molecule has 0 aromatic rings. The highest BCUT2D eigenvalue weighted by Gasteiger charge is 2.18. The van der Waals surface area contributed by atoms with E-state index in [1.165, 1.54) is 12.8 Å². The van der Waals surface area contributed by atoms with E-state index in [4.69, 9.17) is 9.84 Å². The first kappa shape index (κ1) is 14.0. The molecule has 0 saturated heterocycles. The molecule has 0 heterocycles. The lowest BCUT2D eigenvalue weighted by atomic mass is 9.83. The Labute approximate surface area is 102 Å². The number of rotatable bonds is 6. The molecule has 5 nitrogen and oxygen atoms in total. The number of amides is 1. The summed E-state index contributed by atoms with van der Waals surface area (Å²) in [6, 6.07) is 0. The van der Waals surface area contributed by atoms with Gasteiger partial charge >= 0.3 is 5.97 Å².